The van der Waals surface area contributed by atoms with Crippen LogP contribution in [0, 0.1) is 5.92 Å². The van der Waals surface area contributed by atoms with E-state index >= 15 is 0 Å². The summed E-state index contributed by atoms with van der Waals surface area (Å²) in [5.74, 6) is 0.736. The molecule has 1 aromatic rings. The lowest BCUT2D eigenvalue weighted by molar-refractivity contribution is -0.132. The molecule has 1 rings (SSSR count). The zero-order valence-electron chi connectivity index (χ0n) is 13.7. The van der Waals surface area contributed by atoms with Gasteiger partial charge in [-0.05, 0) is 30.5 Å². The second-order valence-corrected chi connectivity index (χ2v) is 7.45. The molecule has 0 N–H and O–H groups in total. The third kappa shape index (κ3) is 6.05. The highest BCUT2D eigenvalue weighted by Gasteiger charge is 2.14. The third-order valence-electron chi connectivity index (χ3n) is 3.11. The minimum atomic E-state index is -3.51. The van der Waals surface area contributed by atoms with E-state index in [4.69, 9.17) is 4.18 Å². The van der Waals surface area contributed by atoms with Gasteiger partial charge in [-0.25, -0.2) is 0 Å². The minimum absolute atomic E-state index is 0.0675. The van der Waals surface area contributed by atoms with Crippen molar-refractivity contribution < 1.29 is 17.4 Å². The van der Waals surface area contributed by atoms with E-state index in [0.29, 0.717) is 31.2 Å². The van der Waals surface area contributed by atoms with Crippen molar-refractivity contribution >= 4 is 16.0 Å². The van der Waals surface area contributed by atoms with Gasteiger partial charge in [-0.15, -0.1) is 0 Å². The summed E-state index contributed by atoms with van der Waals surface area (Å²) < 4.78 is 27.7. The first kappa shape index (κ1) is 18.5. The molecule has 0 bridgehead atoms. The van der Waals surface area contributed by atoms with Gasteiger partial charge in [0, 0.05) is 19.5 Å². The quantitative estimate of drug-likeness (QED) is 0.689. The van der Waals surface area contributed by atoms with Crippen molar-refractivity contribution in [3.05, 3.63) is 29.8 Å². The predicted octanol–water partition coefficient (Wildman–Crippen LogP) is 2.81. The first-order valence-electron chi connectivity index (χ1n) is 7.56. The average Bonchev–Trinajstić information content (AvgIpc) is 2.47. The Hall–Kier alpha value is -1.56. The van der Waals surface area contributed by atoms with Crippen molar-refractivity contribution in [2.75, 3.05) is 12.3 Å². The third-order valence-corrected chi connectivity index (χ3v) is 4.27. The normalized spacial score (nSPS) is 11.5. The molecule has 6 heteroatoms. The molecule has 0 aliphatic carbocycles. The first-order valence-corrected chi connectivity index (χ1v) is 9.14. The molecular formula is C16H25NO4S. The maximum Gasteiger partial charge on any atom is 0.308 e. The van der Waals surface area contributed by atoms with E-state index in [2.05, 4.69) is 13.8 Å². The van der Waals surface area contributed by atoms with Crippen LogP contribution >= 0.6 is 0 Å². The Morgan fingerprint density at radius 3 is 2.23 bits per heavy atom. The molecule has 0 heterocycles. The summed E-state index contributed by atoms with van der Waals surface area (Å²) in [4.78, 5) is 13.8. The van der Waals surface area contributed by atoms with Crippen LogP contribution in [0.2, 0.25) is 0 Å². The summed E-state index contributed by atoms with van der Waals surface area (Å²) in [6, 6.07) is 6.81. The number of carbonyl (C=O) groups excluding carboxylic acids is 1. The second-order valence-electron chi connectivity index (χ2n) is 5.60. The second kappa shape index (κ2) is 8.17. The van der Waals surface area contributed by atoms with Crippen molar-refractivity contribution in [1.29, 1.82) is 0 Å². The predicted molar refractivity (Wildman–Crippen MR) is 87.1 cm³/mol. The smallest absolute Gasteiger partial charge is 0.308 e. The molecule has 0 aliphatic rings. The van der Waals surface area contributed by atoms with Gasteiger partial charge in [0.2, 0.25) is 5.91 Å². The number of rotatable bonds is 8. The van der Waals surface area contributed by atoms with E-state index < -0.39 is 10.1 Å². The maximum absolute atomic E-state index is 12.0. The lowest BCUT2D eigenvalue weighted by Crippen LogP contribution is -2.33. The maximum atomic E-state index is 12.0. The van der Waals surface area contributed by atoms with Gasteiger partial charge in [-0.1, -0.05) is 32.9 Å². The number of hydrogen-bond acceptors (Lipinski definition) is 4. The van der Waals surface area contributed by atoms with Crippen molar-refractivity contribution in [2.45, 2.75) is 40.7 Å². The Balaban J connectivity index is 2.78. The van der Waals surface area contributed by atoms with Crippen LogP contribution in [-0.2, 0) is 21.5 Å². The van der Waals surface area contributed by atoms with Crippen LogP contribution in [0.15, 0.2) is 24.3 Å². The molecule has 5 nitrogen and oxygen atoms in total. The summed E-state index contributed by atoms with van der Waals surface area (Å²) in [7, 11) is -3.51. The van der Waals surface area contributed by atoms with Crippen LogP contribution in [0.3, 0.4) is 0 Å². The Labute approximate surface area is 133 Å². The highest BCUT2D eigenvalue weighted by molar-refractivity contribution is 7.87. The zero-order valence-corrected chi connectivity index (χ0v) is 14.5. The van der Waals surface area contributed by atoms with Gasteiger partial charge in [0.1, 0.15) is 5.75 Å². The van der Waals surface area contributed by atoms with Gasteiger partial charge in [0.25, 0.3) is 0 Å². The average molecular weight is 327 g/mol. The number of carbonyl (C=O) groups is 1. The Morgan fingerprint density at radius 2 is 1.77 bits per heavy atom. The molecule has 0 aliphatic heterocycles. The highest BCUT2D eigenvalue weighted by Crippen LogP contribution is 2.16. The van der Waals surface area contributed by atoms with E-state index in [0.717, 1.165) is 5.56 Å². The summed E-state index contributed by atoms with van der Waals surface area (Å²) >= 11 is 0. The molecule has 0 fully saturated rings. The van der Waals surface area contributed by atoms with E-state index in [9.17, 15) is 13.2 Å². The highest BCUT2D eigenvalue weighted by atomic mass is 32.2. The van der Waals surface area contributed by atoms with Gasteiger partial charge in [-0.3, -0.25) is 4.79 Å². The van der Waals surface area contributed by atoms with Crippen molar-refractivity contribution in [3.63, 3.8) is 0 Å². The fourth-order valence-electron chi connectivity index (χ4n) is 2.00. The molecule has 0 radical (unpaired) electrons. The fourth-order valence-corrected chi connectivity index (χ4v) is 2.52. The number of nitrogens with zero attached hydrogens (tertiary/aromatic N) is 1. The summed E-state index contributed by atoms with van der Waals surface area (Å²) in [5, 5.41) is 0. The molecule has 0 spiro atoms. The van der Waals surface area contributed by atoms with Gasteiger partial charge in [-0.2, -0.15) is 8.42 Å². The van der Waals surface area contributed by atoms with Crippen molar-refractivity contribution in [2.24, 2.45) is 5.92 Å². The lowest BCUT2D eigenvalue weighted by atomic mass is 10.1. The molecular weight excluding hydrogens is 302 g/mol. The Kier molecular flexibility index (Phi) is 6.87. The first-order chi connectivity index (χ1) is 10.3. The van der Waals surface area contributed by atoms with Crippen LogP contribution in [0.25, 0.3) is 0 Å². The van der Waals surface area contributed by atoms with E-state index in [1.807, 2.05) is 11.8 Å². The van der Waals surface area contributed by atoms with Gasteiger partial charge in [0.15, 0.2) is 0 Å². The number of amides is 1. The van der Waals surface area contributed by atoms with Crippen LogP contribution in [-0.4, -0.2) is 31.5 Å². The van der Waals surface area contributed by atoms with Crippen LogP contribution in [0.4, 0.5) is 0 Å². The standard InChI is InChI=1S/C16H25NO4S/c1-5-16(18)17(11-13(3)4)12-14-7-9-15(10-8-14)21-22(19,20)6-2/h7-10,13H,5-6,11-12H2,1-4H3. The molecule has 1 aromatic carbocycles. The Bertz CT molecular complexity index is 579. The van der Waals surface area contributed by atoms with E-state index in [1.54, 1.807) is 24.3 Å². The number of benzene rings is 1. The topological polar surface area (TPSA) is 63.7 Å². The van der Waals surface area contributed by atoms with E-state index in [-0.39, 0.29) is 11.7 Å². The molecule has 0 aromatic heterocycles. The largest absolute Gasteiger partial charge is 0.382 e. The Morgan fingerprint density at radius 1 is 1.18 bits per heavy atom. The summed E-state index contributed by atoms with van der Waals surface area (Å²) in [6.45, 7) is 8.75. The molecule has 22 heavy (non-hydrogen) atoms. The summed E-state index contributed by atoms with van der Waals surface area (Å²) in [5.41, 5.74) is 0.948. The van der Waals surface area contributed by atoms with Crippen LogP contribution in [0.1, 0.15) is 39.7 Å². The lowest BCUT2D eigenvalue weighted by Gasteiger charge is -2.24. The molecule has 0 unspecified atom stereocenters. The van der Waals surface area contributed by atoms with E-state index in [1.165, 1.54) is 6.92 Å². The fraction of sp³-hybridized carbons (Fsp3) is 0.562. The van der Waals surface area contributed by atoms with Crippen LogP contribution in [0.5, 0.6) is 5.75 Å². The molecule has 1 amide bonds. The zero-order chi connectivity index (χ0) is 16.8. The molecule has 124 valence electrons. The number of hydrogen-bond donors (Lipinski definition) is 0. The minimum Gasteiger partial charge on any atom is -0.382 e. The van der Waals surface area contributed by atoms with Gasteiger partial charge < -0.3 is 9.08 Å². The molecule has 0 atom stereocenters. The van der Waals surface area contributed by atoms with Crippen LogP contribution < -0.4 is 4.18 Å². The molecule has 0 saturated carbocycles. The SMILES string of the molecule is CCC(=O)N(Cc1ccc(OS(=O)(=O)CC)cc1)CC(C)C. The van der Waals surface area contributed by atoms with Gasteiger partial charge >= 0.3 is 10.1 Å². The van der Waals surface area contributed by atoms with Gasteiger partial charge in [0.05, 0.1) is 5.75 Å². The summed E-state index contributed by atoms with van der Waals surface area (Å²) in [6.07, 6.45) is 0.475. The van der Waals surface area contributed by atoms with Crippen molar-refractivity contribution in [1.82, 2.24) is 4.90 Å². The monoisotopic (exact) mass is 327 g/mol. The molecule has 0 saturated heterocycles. The van der Waals surface area contributed by atoms with Crippen molar-refractivity contribution in [3.8, 4) is 5.75 Å².